The van der Waals surface area contributed by atoms with E-state index in [0.717, 1.165) is 24.8 Å². The highest BCUT2D eigenvalue weighted by Crippen LogP contribution is 2.15. The van der Waals surface area contributed by atoms with Crippen molar-refractivity contribution in [3.63, 3.8) is 0 Å². The van der Waals surface area contributed by atoms with Gasteiger partial charge in [0.2, 0.25) is 0 Å². The van der Waals surface area contributed by atoms with Crippen LogP contribution in [-0.2, 0) is 6.42 Å². The van der Waals surface area contributed by atoms with E-state index in [1.165, 1.54) is 5.56 Å². The van der Waals surface area contributed by atoms with Crippen LogP contribution < -0.4 is 0 Å². The van der Waals surface area contributed by atoms with Crippen molar-refractivity contribution in [3.05, 3.63) is 35.1 Å². The second kappa shape index (κ2) is 5.50. The average Bonchev–Trinajstić information content (AvgIpc) is 2.08. The molecule has 0 radical (unpaired) electrons. The fourth-order valence-electron chi connectivity index (χ4n) is 1.51. The molecule has 0 heterocycles. The van der Waals surface area contributed by atoms with Crippen molar-refractivity contribution in [1.29, 1.82) is 0 Å². The molecule has 0 amide bonds. The third kappa shape index (κ3) is 3.79. The van der Waals surface area contributed by atoms with Crippen LogP contribution in [0.3, 0.4) is 0 Å². The van der Waals surface area contributed by atoms with Gasteiger partial charge in [0.25, 0.3) is 0 Å². The van der Waals surface area contributed by atoms with E-state index in [1.54, 1.807) is 12.1 Å². The summed E-state index contributed by atoms with van der Waals surface area (Å²) in [7, 11) is 0. The van der Waals surface area contributed by atoms with Crippen molar-refractivity contribution in [2.75, 3.05) is 0 Å². The lowest BCUT2D eigenvalue weighted by Gasteiger charge is -2.06. The predicted octanol–water partition coefficient (Wildman–Crippen LogP) is 4.24. The van der Waals surface area contributed by atoms with E-state index in [9.17, 15) is 4.39 Å². The SMILES string of the molecule is Cc1cc(F)ccc1CCCC(C)Br. The Kier molecular flexibility index (Phi) is 4.59. The van der Waals surface area contributed by atoms with Crippen molar-refractivity contribution in [1.82, 2.24) is 0 Å². The number of alkyl halides is 1. The Morgan fingerprint density at radius 3 is 2.71 bits per heavy atom. The molecule has 1 rings (SSSR count). The molecule has 14 heavy (non-hydrogen) atoms. The van der Waals surface area contributed by atoms with Crippen LogP contribution >= 0.6 is 15.9 Å². The summed E-state index contributed by atoms with van der Waals surface area (Å²) in [6.45, 7) is 4.12. The van der Waals surface area contributed by atoms with E-state index >= 15 is 0 Å². The first kappa shape index (κ1) is 11.7. The van der Waals surface area contributed by atoms with Gasteiger partial charge in [0.15, 0.2) is 0 Å². The molecule has 0 bridgehead atoms. The van der Waals surface area contributed by atoms with Crippen LogP contribution in [0.2, 0.25) is 0 Å². The van der Waals surface area contributed by atoms with Crippen molar-refractivity contribution < 1.29 is 4.39 Å². The Morgan fingerprint density at radius 1 is 1.43 bits per heavy atom. The Balaban J connectivity index is 2.51. The van der Waals surface area contributed by atoms with Gasteiger partial charge in [-0.2, -0.15) is 0 Å². The minimum Gasteiger partial charge on any atom is -0.207 e. The van der Waals surface area contributed by atoms with E-state index in [2.05, 4.69) is 22.9 Å². The van der Waals surface area contributed by atoms with Crippen molar-refractivity contribution in [2.24, 2.45) is 0 Å². The normalized spacial score (nSPS) is 12.9. The van der Waals surface area contributed by atoms with Crippen molar-refractivity contribution in [2.45, 2.75) is 37.9 Å². The number of benzene rings is 1. The molecule has 1 aromatic carbocycles. The highest BCUT2D eigenvalue weighted by atomic mass is 79.9. The smallest absolute Gasteiger partial charge is 0.123 e. The number of halogens is 2. The van der Waals surface area contributed by atoms with Crippen LogP contribution in [0.25, 0.3) is 0 Å². The van der Waals surface area contributed by atoms with E-state index < -0.39 is 0 Å². The molecule has 0 saturated carbocycles. The largest absolute Gasteiger partial charge is 0.207 e. The van der Waals surface area contributed by atoms with Crippen molar-refractivity contribution in [3.8, 4) is 0 Å². The molecule has 2 heteroatoms. The van der Waals surface area contributed by atoms with Crippen LogP contribution in [0.1, 0.15) is 30.9 Å². The highest BCUT2D eigenvalue weighted by Gasteiger charge is 2.01. The number of aryl methyl sites for hydroxylation is 2. The fourth-order valence-corrected chi connectivity index (χ4v) is 1.84. The molecular weight excluding hydrogens is 243 g/mol. The van der Waals surface area contributed by atoms with Crippen LogP contribution in [0.4, 0.5) is 4.39 Å². The Morgan fingerprint density at radius 2 is 2.14 bits per heavy atom. The first-order valence-electron chi connectivity index (χ1n) is 4.98. The molecule has 1 unspecified atom stereocenters. The van der Waals surface area contributed by atoms with Gasteiger partial charge >= 0.3 is 0 Å². The van der Waals surface area contributed by atoms with Gasteiger partial charge in [-0.1, -0.05) is 28.9 Å². The van der Waals surface area contributed by atoms with Crippen LogP contribution in [0.15, 0.2) is 18.2 Å². The predicted molar refractivity (Wildman–Crippen MR) is 62.5 cm³/mol. The lowest BCUT2D eigenvalue weighted by atomic mass is 10.0. The maximum atomic E-state index is 12.8. The molecule has 0 saturated heterocycles. The topological polar surface area (TPSA) is 0 Å². The summed E-state index contributed by atoms with van der Waals surface area (Å²) >= 11 is 3.52. The molecule has 78 valence electrons. The molecule has 0 fully saturated rings. The molecule has 0 N–H and O–H groups in total. The van der Waals surface area contributed by atoms with E-state index in [-0.39, 0.29) is 5.82 Å². The zero-order valence-electron chi connectivity index (χ0n) is 8.69. The fraction of sp³-hybridized carbons (Fsp3) is 0.500. The Hall–Kier alpha value is -0.370. The second-order valence-corrected chi connectivity index (χ2v) is 5.31. The molecule has 0 nitrogen and oxygen atoms in total. The van der Waals surface area contributed by atoms with Gasteiger partial charge in [-0.3, -0.25) is 0 Å². The van der Waals surface area contributed by atoms with Gasteiger partial charge in [-0.15, -0.1) is 0 Å². The minimum absolute atomic E-state index is 0.139. The standard InChI is InChI=1S/C12H16BrF/c1-9-8-12(14)7-6-11(9)5-3-4-10(2)13/h6-8,10H,3-5H2,1-2H3. The minimum atomic E-state index is -0.139. The van der Waals surface area contributed by atoms with Crippen LogP contribution in [-0.4, -0.2) is 4.83 Å². The molecule has 0 aliphatic rings. The molecule has 0 aromatic heterocycles. The second-order valence-electron chi connectivity index (χ2n) is 3.74. The van der Waals surface area contributed by atoms with Crippen LogP contribution in [0, 0.1) is 12.7 Å². The Labute approximate surface area is 93.7 Å². The van der Waals surface area contributed by atoms with Gasteiger partial charge in [0.1, 0.15) is 5.82 Å². The molecular formula is C12H16BrF. The van der Waals surface area contributed by atoms with Gasteiger partial charge in [-0.05, 0) is 49.4 Å². The van der Waals surface area contributed by atoms with E-state index in [1.807, 2.05) is 13.0 Å². The van der Waals surface area contributed by atoms with E-state index in [4.69, 9.17) is 0 Å². The van der Waals surface area contributed by atoms with Gasteiger partial charge in [0.05, 0.1) is 0 Å². The lowest BCUT2D eigenvalue weighted by molar-refractivity contribution is 0.624. The number of hydrogen-bond donors (Lipinski definition) is 0. The summed E-state index contributed by atoms with van der Waals surface area (Å²) in [5.41, 5.74) is 2.33. The highest BCUT2D eigenvalue weighted by molar-refractivity contribution is 9.09. The van der Waals surface area contributed by atoms with Gasteiger partial charge in [-0.25, -0.2) is 4.39 Å². The zero-order chi connectivity index (χ0) is 10.6. The third-order valence-electron chi connectivity index (χ3n) is 2.35. The molecule has 0 aliphatic heterocycles. The molecule has 1 aromatic rings. The first-order chi connectivity index (χ1) is 6.59. The first-order valence-corrected chi connectivity index (χ1v) is 5.90. The average molecular weight is 259 g/mol. The molecule has 1 atom stereocenters. The summed E-state index contributed by atoms with van der Waals surface area (Å²) < 4.78 is 12.8. The van der Waals surface area contributed by atoms with Crippen LogP contribution in [0.5, 0.6) is 0 Å². The van der Waals surface area contributed by atoms with E-state index in [0.29, 0.717) is 4.83 Å². The lowest BCUT2D eigenvalue weighted by Crippen LogP contribution is -1.95. The number of rotatable bonds is 4. The maximum Gasteiger partial charge on any atom is 0.123 e. The Bertz CT molecular complexity index is 294. The summed E-state index contributed by atoms with van der Waals surface area (Å²) in [6, 6.07) is 5.04. The summed E-state index contributed by atoms with van der Waals surface area (Å²) in [6.07, 6.45) is 3.36. The van der Waals surface area contributed by atoms with Gasteiger partial charge < -0.3 is 0 Å². The summed E-state index contributed by atoms with van der Waals surface area (Å²) in [5.74, 6) is -0.139. The monoisotopic (exact) mass is 258 g/mol. The maximum absolute atomic E-state index is 12.8. The molecule has 0 aliphatic carbocycles. The molecule has 0 spiro atoms. The van der Waals surface area contributed by atoms with Crippen molar-refractivity contribution >= 4 is 15.9 Å². The summed E-state index contributed by atoms with van der Waals surface area (Å²) in [4.78, 5) is 0.572. The summed E-state index contributed by atoms with van der Waals surface area (Å²) in [5, 5.41) is 0. The number of hydrogen-bond acceptors (Lipinski definition) is 0. The van der Waals surface area contributed by atoms with Gasteiger partial charge in [0, 0.05) is 4.83 Å². The zero-order valence-corrected chi connectivity index (χ0v) is 10.3. The third-order valence-corrected chi connectivity index (χ3v) is 2.81. The quantitative estimate of drug-likeness (QED) is 0.709.